The summed E-state index contributed by atoms with van der Waals surface area (Å²) in [6.45, 7) is 13.0. The average Bonchev–Trinajstić information content (AvgIpc) is 2.87. The summed E-state index contributed by atoms with van der Waals surface area (Å²) in [4.78, 5) is 35.8. The van der Waals surface area contributed by atoms with Crippen LogP contribution >= 0.6 is 0 Å². The van der Waals surface area contributed by atoms with Crippen molar-refractivity contribution in [3.63, 3.8) is 0 Å². The summed E-state index contributed by atoms with van der Waals surface area (Å²) in [6.07, 6.45) is 0.0377. The first kappa shape index (κ1) is 18.9. The standard InChI is InChI=1S/C20H28O6/c1-9-7-14-16(11(3)19(23)26-14)18(25-13(5)22)20(6)15(24-12(4)21)8-10(2)17(9)20/h9-10,14-18H,3,7-8H2,1-2,4-6H3/t9-,10+,14+,15+,16-,17-,18+,20-/m1/s1. The van der Waals surface area contributed by atoms with E-state index in [9.17, 15) is 14.4 Å². The molecule has 3 aliphatic rings. The SMILES string of the molecule is C=C1C(=O)O[C@H]2C[C@@H](C)[C@@H]3[C@@H](C)C[C@H](OC(C)=O)[C@@]3(C)[C@@H](OC(C)=O)[C@H]12. The molecule has 0 amide bonds. The van der Waals surface area contributed by atoms with Gasteiger partial charge in [-0.1, -0.05) is 27.4 Å². The molecule has 1 saturated heterocycles. The number of esters is 3. The highest BCUT2D eigenvalue weighted by atomic mass is 16.6. The zero-order valence-electron chi connectivity index (χ0n) is 16.1. The van der Waals surface area contributed by atoms with Gasteiger partial charge in [0.25, 0.3) is 0 Å². The van der Waals surface area contributed by atoms with E-state index in [4.69, 9.17) is 14.2 Å². The molecule has 6 heteroatoms. The molecule has 0 aromatic rings. The molecule has 3 fully saturated rings. The lowest BCUT2D eigenvalue weighted by Crippen LogP contribution is -2.51. The van der Waals surface area contributed by atoms with Crippen molar-refractivity contribution in [2.24, 2.45) is 29.1 Å². The van der Waals surface area contributed by atoms with Crippen LogP contribution in [0.15, 0.2) is 12.2 Å². The van der Waals surface area contributed by atoms with E-state index in [0.29, 0.717) is 24.3 Å². The van der Waals surface area contributed by atoms with Crippen LogP contribution in [0.3, 0.4) is 0 Å². The Labute approximate surface area is 154 Å². The normalized spacial score (nSPS) is 44.6. The fourth-order valence-corrected chi connectivity index (χ4v) is 5.99. The summed E-state index contributed by atoms with van der Waals surface area (Å²) in [5.41, 5.74) is -0.261. The van der Waals surface area contributed by atoms with Gasteiger partial charge in [0, 0.05) is 24.8 Å². The average molecular weight is 364 g/mol. The molecular weight excluding hydrogens is 336 g/mol. The van der Waals surface area contributed by atoms with Crippen molar-refractivity contribution < 1.29 is 28.6 Å². The minimum Gasteiger partial charge on any atom is -0.462 e. The topological polar surface area (TPSA) is 78.9 Å². The minimum absolute atomic E-state index is 0.174. The van der Waals surface area contributed by atoms with Crippen LogP contribution in [0.1, 0.15) is 47.5 Å². The van der Waals surface area contributed by atoms with Crippen molar-refractivity contribution in [1.29, 1.82) is 0 Å². The highest BCUT2D eigenvalue weighted by molar-refractivity contribution is 5.91. The van der Waals surface area contributed by atoms with E-state index in [2.05, 4.69) is 20.4 Å². The maximum Gasteiger partial charge on any atom is 0.334 e. The number of ether oxygens (including phenoxy) is 3. The predicted molar refractivity (Wildman–Crippen MR) is 92.8 cm³/mol. The Morgan fingerprint density at radius 1 is 1.12 bits per heavy atom. The molecule has 0 radical (unpaired) electrons. The molecule has 0 spiro atoms. The number of hydrogen-bond donors (Lipinski definition) is 0. The number of carbonyl (C=O) groups is 3. The number of fused-ring (bicyclic) bond motifs is 2. The fourth-order valence-electron chi connectivity index (χ4n) is 5.99. The first-order valence-corrected chi connectivity index (χ1v) is 9.31. The second-order valence-electron chi connectivity index (χ2n) is 8.44. The van der Waals surface area contributed by atoms with Crippen LogP contribution in [-0.4, -0.2) is 36.2 Å². The molecule has 0 bridgehead atoms. The largest absolute Gasteiger partial charge is 0.462 e. The summed E-state index contributed by atoms with van der Waals surface area (Å²) < 4.78 is 17.1. The van der Waals surface area contributed by atoms with Gasteiger partial charge >= 0.3 is 17.9 Å². The van der Waals surface area contributed by atoms with Crippen LogP contribution in [0.4, 0.5) is 0 Å². The Kier molecular flexibility index (Phi) is 4.65. The zero-order valence-corrected chi connectivity index (χ0v) is 16.1. The van der Waals surface area contributed by atoms with Gasteiger partial charge in [-0.3, -0.25) is 9.59 Å². The van der Waals surface area contributed by atoms with Crippen LogP contribution < -0.4 is 0 Å². The van der Waals surface area contributed by atoms with Crippen molar-refractivity contribution >= 4 is 17.9 Å². The van der Waals surface area contributed by atoms with Crippen molar-refractivity contribution in [1.82, 2.24) is 0 Å². The van der Waals surface area contributed by atoms with Gasteiger partial charge < -0.3 is 14.2 Å². The minimum atomic E-state index is -0.617. The van der Waals surface area contributed by atoms with Crippen molar-refractivity contribution in [2.75, 3.05) is 0 Å². The quantitative estimate of drug-likeness (QED) is 0.426. The van der Waals surface area contributed by atoms with Crippen LogP contribution in [-0.2, 0) is 28.6 Å². The first-order chi connectivity index (χ1) is 12.1. The predicted octanol–water partition coefficient (Wildman–Crippen LogP) is 2.65. The molecule has 2 aliphatic carbocycles. The van der Waals surface area contributed by atoms with Crippen LogP contribution in [0, 0.1) is 29.1 Å². The van der Waals surface area contributed by atoms with Gasteiger partial charge in [0.15, 0.2) is 0 Å². The first-order valence-electron chi connectivity index (χ1n) is 9.31. The molecule has 144 valence electrons. The van der Waals surface area contributed by atoms with Crippen LogP contribution in [0.5, 0.6) is 0 Å². The van der Waals surface area contributed by atoms with Crippen molar-refractivity contribution in [2.45, 2.75) is 65.8 Å². The third kappa shape index (κ3) is 2.74. The molecular formula is C20H28O6. The van der Waals surface area contributed by atoms with E-state index in [1.54, 1.807) is 0 Å². The maximum atomic E-state index is 12.2. The van der Waals surface area contributed by atoms with Crippen LogP contribution in [0.2, 0.25) is 0 Å². The van der Waals surface area contributed by atoms with Gasteiger partial charge in [-0.15, -0.1) is 0 Å². The number of carbonyl (C=O) groups excluding carboxylic acids is 3. The Bertz CT molecular complexity index is 655. The second-order valence-corrected chi connectivity index (χ2v) is 8.44. The lowest BCUT2D eigenvalue weighted by Gasteiger charge is -2.44. The zero-order chi connectivity index (χ0) is 19.4. The second kappa shape index (κ2) is 6.39. The van der Waals surface area contributed by atoms with E-state index < -0.39 is 29.4 Å². The van der Waals surface area contributed by atoms with Gasteiger partial charge in [0.2, 0.25) is 0 Å². The van der Waals surface area contributed by atoms with Crippen molar-refractivity contribution in [3.05, 3.63) is 12.2 Å². The highest BCUT2D eigenvalue weighted by Gasteiger charge is 2.65. The summed E-state index contributed by atoms with van der Waals surface area (Å²) in [7, 11) is 0. The summed E-state index contributed by atoms with van der Waals surface area (Å²) in [5.74, 6) is -0.919. The molecule has 0 N–H and O–H groups in total. The van der Waals surface area contributed by atoms with Gasteiger partial charge in [-0.25, -0.2) is 4.79 Å². The molecule has 0 aromatic heterocycles. The van der Waals surface area contributed by atoms with Gasteiger partial charge in [-0.05, 0) is 30.6 Å². The molecule has 8 atom stereocenters. The summed E-state index contributed by atoms with van der Waals surface area (Å²) in [5, 5.41) is 0. The van der Waals surface area contributed by atoms with Crippen molar-refractivity contribution in [3.8, 4) is 0 Å². The number of rotatable bonds is 2. The third-order valence-corrected chi connectivity index (χ3v) is 6.69. The molecule has 3 rings (SSSR count). The maximum absolute atomic E-state index is 12.2. The monoisotopic (exact) mass is 364 g/mol. The molecule has 26 heavy (non-hydrogen) atoms. The molecule has 1 aliphatic heterocycles. The third-order valence-electron chi connectivity index (χ3n) is 6.69. The molecule has 1 heterocycles. The molecule has 0 unspecified atom stereocenters. The lowest BCUT2D eigenvalue weighted by atomic mass is 9.65. The van der Waals surface area contributed by atoms with E-state index >= 15 is 0 Å². The molecule has 6 nitrogen and oxygen atoms in total. The Balaban J connectivity index is 2.13. The highest BCUT2D eigenvalue weighted by Crippen LogP contribution is 2.60. The Morgan fingerprint density at radius 2 is 1.69 bits per heavy atom. The van der Waals surface area contributed by atoms with Gasteiger partial charge in [-0.2, -0.15) is 0 Å². The van der Waals surface area contributed by atoms with E-state index in [0.717, 1.165) is 0 Å². The molecule has 2 saturated carbocycles. The number of hydrogen-bond acceptors (Lipinski definition) is 6. The van der Waals surface area contributed by atoms with Crippen LogP contribution in [0.25, 0.3) is 0 Å². The molecule has 0 aromatic carbocycles. The van der Waals surface area contributed by atoms with E-state index in [1.807, 2.05) is 6.92 Å². The van der Waals surface area contributed by atoms with E-state index in [-0.39, 0.29) is 30.0 Å². The van der Waals surface area contributed by atoms with Gasteiger partial charge in [0.05, 0.1) is 5.92 Å². The van der Waals surface area contributed by atoms with E-state index in [1.165, 1.54) is 13.8 Å². The Hall–Kier alpha value is -1.85. The fraction of sp³-hybridized carbons (Fsp3) is 0.750. The Morgan fingerprint density at radius 3 is 2.27 bits per heavy atom. The lowest BCUT2D eigenvalue weighted by molar-refractivity contribution is -0.176. The van der Waals surface area contributed by atoms with Gasteiger partial charge in [0.1, 0.15) is 18.3 Å². The smallest absolute Gasteiger partial charge is 0.334 e. The summed E-state index contributed by atoms with van der Waals surface area (Å²) in [6, 6.07) is 0. The summed E-state index contributed by atoms with van der Waals surface area (Å²) >= 11 is 0.